The zero-order valence-electron chi connectivity index (χ0n) is 11.2. The summed E-state index contributed by atoms with van der Waals surface area (Å²) in [6, 6.07) is 0. The van der Waals surface area contributed by atoms with Crippen LogP contribution in [0.2, 0.25) is 0 Å². The van der Waals surface area contributed by atoms with Crippen LogP contribution in [-0.4, -0.2) is 49.2 Å². The van der Waals surface area contributed by atoms with Crippen molar-refractivity contribution in [3.05, 3.63) is 0 Å². The van der Waals surface area contributed by atoms with Crippen molar-refractivity contribution in [2.24, 2.45) is 0 Å². The molecule has 5 heteroatoms. The van der Waals surface area contributed by atoms with Crippen LogP contribution < -0.4 is 0 Å². The number of carboxylic acids is 1. The van der Waals surface area contributed by atoms with Gasteiger partial charge in [-0.3, -0.25) is 0 Å². The molecule has 0 heterocycles. The van der Waals surface area contributed by atoms with Gasteiger partial charge in [0.2, 0.25) is 0 Å². The molecule has 0 aromatic carbocycles. The summed E-state index contributed by atoms with van der Waals surface area (Å²) in [7, 11) is 0. The van der Waals surface area contributed by atoms with Gasteiger partial charge in [0, 0.05) is 6.61 Å². The molecule has 1 unspecified atom stereocenters. The number of ether oxygens (including phenoxy) is 3. The van der Waals surface area contributed by atoms with Crippen molar-refractivity contribution < 1.29 is 24.1 Å². The predicted octanol–water partition coefficient (Wildman–Crippen LogP) is 1.70. The van der Waals surface area contributed by atoms with Crippen LogP contribution >= 0.6 is 0 Å². The molecule has 0 aromatic rings. The SMILES string of the molecule is CCCOC(C)COC(C)(C)COCC(=O)O. The molecular weight excluding hydrogens is 224 g/mol. The summed E-state index contributed by atoms with van der Waals surface area (Å²) in [5.41, 5.74) is -0.501. The molecule has 0 aliphatic rings. The van der Waals surface area contributed by atoms with Crippen LogP contribution in [0.5, 0.6) is 0 Å². The van der Waals surface area contributed by atoms with E-state index in [1.807, 2.05) is 20.8 Å². The molecule has 0 amide bonds. The Kier molecular flexibility index (Phi) is 8.12. The third kappa shape index (κ3) is 10.2. The quantitative estimate of drug-likeness (QED) is 0.637. The van der Waals surface area contributed by atoms with Crippen molar-refractivity contribution in [2.75, 3.05) is 26.4 Å². The molecule has 0 saturated carbocycles. The van der Waals surface area contributed by atoms with Crippen molar-refractivity contribution in [3.63, 3.8) is 0 Å². The fourth-order valence-electron chi connectivity index (χ4n) is 1.14. The second-order valence-corrected chi connectivity index (χ2v) is 4.64. The highest BCUT2D eigenvalue weighted by Gasteiger charge is 2.20. The van der Waals surface area contributed by atoms with Crippen LogP contribution in [0.1, 0.15) is 34.1 Å². The van der Waals surface area contributed by atoms with Crippen LogP contribution in [0.25, 0.3) is 0 Å². The first-order valence-corrected chi connectivity index (χ1v) is 5.92. The number of carboxylic acid groups (broad SMARTS) is 1. The highest BCUT2D eigenvalue weighted by atomic mass is 16.6. The fourth-order valence-corrected chi connectivity index (χ4v) is 1.14. The zero-order valence-corrected chi connectivity index (χ0v) is 11.2. The predicted molar refractivity (Wildman–Crippen MR) is 64.2 cm³/mol. The standard InChI is InChI=1S/C12H24O5/c1-5-6-16-10(2)7-17-12(3,4)9-15-8-11(13)14/h10H,5-9H2,1-4H3,(H,13,14). The van der Waals surface area contributed by atoms with E-state index in [-0.39, 0.29) is 19.3 Å². The normalized spacial score (nSPS) is 13.6. The lowest BCUT2D eigenvalue weighted by atomic mass is 10.1. The van der Waals surface area contributed by atoms with Gasteiger partial charge in [-0.25, -0.2) is 4.79 Å². The van der Waals surface area contributed by atoms with Gasteiger partial charge in [0.15, 0.2) is 0 Å². The third-order valence-corrected chi connectivity index (χ3v) is 1.99. The van der Waals surface area contributed by atoms with Crippen molar-refractivity contribution in [1.82, 2.24) is 0 Å². The minimum atomic E-state index is -0.972. The van der Waals surface area contributed by atoms with Crippen molar-refractivity contribution in [2.45, 2.75) is 45.8 Å². The average Bonchev–Trinajstić information content (AvgIpc) is 2.23. The summed E-state index contributed by atoms with van der Waals surface area (Å²) in [5.74, 6) is -0.972. The van der Waals surface area contributed by atoms with Gasteiger partial charge < -0.3 is 19.3 Å². The van der Waals surface area contributed by atoms with Gasteiger partial charge in [0.1, 0.15) is 6.61 Å². The second-order valence-electron chi connectivity index (χ2n) is 4.64. The van der Waals surface area contributed by atoms with E-state index in [2.05, 4.69) is 6.92 Å². The summed E-state index contributed by atoms with van der Waals surface area (Å²) in [5, 5.41) is 8.44. The van der Waals surface area contributed by atoms with Crippen LogP contribution in [0.3, 0.4) is 0 Å². The maximum Gasteiger partial charge on any atom is 0.329 e. The van der Waals surface area contributed by atoms with E-state index in [1.165, 1.54) is 0 Å². The first-order valence-electron chi connectivity index (χ1n) is 5.92. The zero-order chi connectivity index (χ0) is 13.3. The van der Waals surface area contributed by atoms with Gasteiger partial charge in [0.05, 0.1) is 24.9 Å². The Hall–Kier alpha value is -0.650. The van der Waals surface area contributed by atoms with Crippen LogP contribution in [-0.2, 0) is 19.0 Å². The molecule has 0 fully saturated rings. The Morgan fingerprint density at radius 3 is 2.59 bits per heavy atom. The van der Waals surface area contributed by atoms with Gasteiger partial charge in [-0.05, 0) is 27.2 Å². The van der Waals surface area contributed by atoms with Gasteiger partial charge in [-0.1, -0.05) is 6.92 Å². The molecule has 0 aromatic heterocycles. The molecule has 17 heavy (non-hydrogen) atoms. The van der Waals surface area contributed by atoms with Crippen molar-refractivity contribution in [3.8, 4) is 0 Å². The minimum Gasteiger partial charge on any atom is -0.480 e. The molecule has 0 saturated heterocycles. The summed E-state index contributed by atoms with van der Waals surface area (Å²) < 4.78 is 16.1. The monoisotopic (exact) mass is 248 g/mol. The first kappa shape index (κ1) is 16.4. The Balaban J connectivity index is 3.72. The largest absolute Gasteiger partial charge is 0.480 e. The van der Waals surface area contributed by atoms with E-state index in [1.54, 1.807) is 0 Å². The molecule has 0 aliphatic carbocycles. The Morgan fingerprint density at radius 1 is 1.41 bits per heavy atom. The molecule has 102 valence electrons. The lowest BCUT2D eigenvalue weighted by Gasteiger charge is -2.26. The molecule has 5 nitrogen and oxygen atoms in total. The van der Waals surface area contributed by atoms with Crippen LogP contribution in [0.15, 0.2) is 0 Å². The Bertz CT molecular complexity index is 215. The van der Waals surface area contributed by atoms with Gasteiger partial charge in [-0.2, -0.15) is 0 Å². The highest BCUT2D eigenvalue weighted by molar-refractivity contribution is 5.67. The Morgan fingerprint density at radius 2 is 2.06 bits per heavy atom. The van der Waals surface area contributed by atoms with Crippen molar-refractivity contribution in [1.29, 1.82) is 0 Å². The Labute approximate surface area is 103 Å². The number of rotatable bonds is 10. The minimum absolute atomic E-state index is 0.0358. The third-order valence-electron chi connectivity index (χ3n) is 1.99. The molecule has 0 aliphatic heterocycles. The summed E-state index contributed by atoms with van der Waals surface area (Å²) in [6.45, 7) is 8.88. The molecule has 0 spiro atoms. The van der Waals surface area contributed by atoms with E-state index in [9.17, 15) is 4.79 Å². The summed E-state index contributed by atoms with van der Waals surface area (Å²) in [4.78, 5) is 10.3. The second kappa shape index (κ2) is 8.44. The first-order chi connectivity index (χ1) is 7.87. The molecule has 0 radical (unpaired) electrons. The average molecular weight is 248 g/mol. The lowest BCUT2D eigenvalue weighted by Crippen LogP contribution is -2.34. The van der Waals surface area contributed by atoms with E-state index in [0.29, 0.717) is 6.61 Å². The molecule has 1 atom stereocenters. The molecule has 0 rings (SSSR count). The molecule has 1 N–H and O–H groups in total. The number of hydrogen-bond acceptors (Lipinski definition) is 4. The van der Waals surface area contributed by atoms with Crippen LogP contribution in [0, 0.1) is 0 Å². The summed E-state index contributed by atoms with van der Waals surface area (Å²) in [6.07, 6.45) is 1.02. The number of hydrogen-bond donors (Lipinski definition) is 1. The van der Waals surface area contributed by atoms with E-state index in [4.69, 9.17) is 19.3 Å². The van der Waals surface area contributed by atoms with Gasteiger partial charge in [-0.15, -0.1) is 0 Å². The summed E-state index contributed by atoms with van der Waals surface area (Å²) >= 11 is 0. The fraction of sp³-hybridized carbons (Fsp3) is 0.917. The maximum absolute atomic E-state index is 10.3. The lowest BCUT2D eigenvalue weighted by molar-refractivity contribution is -0.148. The van der Waals surface area contributed by atoms with Gasteiger partial charge in [0.25, 0.3) is 0 Å². The smallest absolute Gasteiger partial charge is 0.329 e. The topological polar surface area (TPSA) is 65.0 Å². The highest BCUT2D eigenvalue weighted by Crippen LogP contribution is 2.11. The number of carbonyl (C=O) groups is 1. The van der Waals surface area contributed by atoms with Crippen molar-refractivity contribution >= 4 is 5.97 Å². The molecular formula is C12H24O5. The van der Waals surface area contributed by atoms with E-state index in [0.717, 1.165) is 13.0 Å². The van der Waals surface area contributed by atoms with Gasteiger partial charge >= 0.3 is 5.97 Å². The van der Waals surface area contributed by atoms with E-state index < -0.39 is 11.6 Å². The van der Waals surface area contributed by atoms with E-state index >= 15 is 0 Å². The van der Waals surface area contributed by atoms with Crippen LogP contribution in [0.4, 0.5) is 0 Å². The maximum atomic E-state index is 10.3. The molecule has 0 bridgehead atoms. The number of aliphatic carboxylic acids is 1.